The zero-order valence-corrected chi connectivity index (χ0v) is 7.35. The molecule has 0 atom stereocenters. The van der Waals surface area contributed by atoms with E-state index in [4.69, 9.17) is 0 Å². The third kappa shape index (κ3) is 4.36. The lowest BCUT2D eigenvalue weighted by molar-refractivity contribution is -0.119. The Morgan fingerprint density at radius 1 is 1.40 bits per heavy atom. The van der Waals surface area contributed by atoms with Crippen molar-refractivity contribution in [3.05, 3.63) is 0 Å². The molecule has 2 heteroatoms. The SMILES string of the molecule is CCN(C=O)CC(C)(C)C. The van der Waals surface area contributed by atoms with Crippen molar-refractivity contribution in [1.29, 1.82) is 0 Å². The van der Waals surface area contributed by atoms with Gasteiger partial charge in [-0.05, 0) is 12.3 Å². The van der Waals surface area contributed by atoms with Gasteiger partial charge in [0.05, 0.1) is 0 Å². The van der Waals surface area contributed by atoms with E-state index in [1.807, 2.05) is 6.92 Å². The molecular weight excluding hydrogens is 126 g/mol. The fourth-order valence-electron chi connectivity index (χ4n) is 0.833. The number of amides is 1. The van der Waals surface area contributed by atoms with Crippen molar-refractivity contribution in [3.63, 3.8) is 0 Å². The maximum absolute atomic E-state index is 10.3. The summed E-state index contributed by atoms with van der Waals surface area (Å²) >= 11 is 0. The minimum Gasteiger partial charge on any atom is -0.345 e. The maximum Gasteiger partial charge on any atom is 0.209 e. The molecule has 2 nitrogen and oxygen atoms in total. The van der Waals surface area contributed by atoms with Crippen LogP contribution in [0.25, 0.3) is 0 Å². The van der Waals surface area contributed by atoms with Crippen LogP contribution in [0.2, 0.25) is 0 Å². The second-order valence-corrected chi connectivity index (χ2v) is 3.73. The lowest BCUT2D eigenvalue weighted by atomic mass is 9.96. The zero-order chi connectivity index (χ0) is 8.20. The Kier molecular flexibility index (Phi) is 3.40. The second kappa shape index (κ2) is 3.59. The number of carbonyl (C=O) groups is 1. The van der Waals surface area contributed by atoms with Crippen molar-refractivity contribution in [2.45, 2.75) is 27.7 Å². The highest BCUT2D eigenvalue weighted by Gasteiger charge is 2.13. The highest BCUT2D eigenvalue weighted by atomic mass is 16.1. The number of rotatable bonds is 3. The van der Waals surface area contributed by atoms with Crippen LogP contribution in [-0.2, 0) is 4.79 Å². The Labute approximate surface area is 63.2 Å². The molecule has 0 aromatic carbocycles. The van der Waals surface area contributed by atoms with Gasteiger partial charge in [-0.15, -0.1) is 0 Å². The Hall–Kier alpha value is -0.530. The summed E-state index contributed by atoms with van der Waals surface area (Å²) in [5.41, 5.74) is 0.219. The van der Waals surface area contributed by atoms with E-state index in [2.05, 4.69) is 20.8 Å². The van der Waals surface area contributed by atoms with Gasteiger partial charge in [-0.2, -0.15) is 0 Å². The van der Waals surface area contributed by atoms with E-state index >= 15 is 0 Å². The molecule has 0 aliphatic heterocycles. The first-order valence-electron chi connectivity index (χ1n) is 3.69. The smallest absolute Gasteiger partial charge is 0.209 e. The lowest BCUT2D eigenvalue weighted by Crippen LogP contribution is -2.31. The minimum atomic E-state index is 0.219. The molecule has 0 rings (SSSR count). The predicted octanol–water partition coefficient (Wildman–Crippen LogP) is 1.51. The first-order chi connectivity index (χ1) is 4.49. The molecule has 1 amide bonds. The van der Waals surface area contributed by atoms with Gasteiger partial charge in [-0.25, -0.2) is 0 Å². The molecule has 0 aliphatic rings. The van der Waals surface area contributed by atoms with Gasteiger partial charge in [0.25, 0.3) is 0 Å². The van der Waals surface area contributed by atoms with Crippen LogP contribution in [0, 0.1) is 5.41 Å². The molecule has 0 saturated carbocycles. The molecule has 0 aliphatic carbocycles. The zero-order valence-electron chi connectivity index (χ0n) is 7.35. The molecule has 0 N–H and O–H groups in total. The average molecular weight is 143 g/mol. The van der Waals surface area contributed by atoms with E-state index in [1.54, 1.807) is 4.90 Å². The highest BCUT2D eigenvalue weighted by Crippen LogP contribution is 2.13. The molecule has 0 unspecified atom stereocenters. The van der Waals surface area contributed by atoms with Crippen LogP contribution >= 0.6 is 0 Å². The van der Waals surface area contributed by atoms with Gasteiger partial charge < -0.3 is 4.90 Å². The Balaban J connectivity index is 3.74. The third-order valence-corrected chi connectivity index (χ3v) is 1.23. The van der Waals surface area contributed by atoms with Crippen molar-refractivity contribution in [2.24, 2.45) is 5.41 Å². The van der Waals surface area contributed by atoms with Gasteiger partial charge in [0.1, 0.15) is 0 Å². The van der Waals surface area contributed by atoms with E-state index in [9.17, 15) is 4.79 Å². The first-order valence-corrected chi connectivity index (χ1v) is 3.69. The second-order valence-electron chi connectivity index (χ2n) is 3.73. The molecule has 0 spiro atoms. The first kappa shape index (κ1) is 9.47. The van der Waals surface area contributed by atoms with E-state index in [0.29, 0.717) is 0 Å². The molecule has 60 valence electrons. The average Bonchev–Trinajstić information content (AvgIpc) is 1.81. The van der Waals surface area contributed by atoms with Gasteiger partial charge >= 0.3 is 0 Å². The largest absolute Gasteiger partial charge is 0.345 e. The molecule has 0 bridgehead atoms. The summed E-state index contributed by atoms with van der Waals surface area (Å²) in [5, 5.41) is 0. The lowest BCUT2D eigenvalue weighted by Gasteiger charge is -2.25. The van der Waals surface area contributed by atoms with Crippen molar-refractivity contribution >= 4 is 6.41 Å². The van der Waals surface area contributed by atoms with Crippen LogP contribution in [0.15, 0.2) is 0 Å². The molecule has 0 radical (unpaired) electrons. The van der Waals surface area contributed by atoms with Crippen LogP contribution in [0.3, 0.4) is 0 Å². The molecule has 0 aromatic heterocycles. The quantitative estimate of drug-likeness (QED) is 0.548. The number of hydrogen-bond donors (Lipinski definition) is 0. The van der Waals surface area contributed by atoms with Crippen LogP contribution in [0.1, 0.15) is 27.7 Å². The van der Waals surface area contributed by atoms with E-state index in [-0.39, 0.29) is 5.41 Å². The summed E-state index contributed by atoms with van der Waals surface area (Å²) in [6.07, 6.45) is 0.908. The molecule has 0 heterocycles. The van der Waals surface area contributed by atoms with Gasteiger partial charge in [0.2, 0.25) is 6.41 Å². The monoisotopic (exact) mass is 143 g/mol. The number of nitrogens with zero attached hydrogens (tertiary/aromatic N) is 1. The van der Waals surface area contributed by atoms with Crippen molar-refractivity contribution in [1.82, 2.24) is 4.90 Å². The fraction of sp³-hybridized carbons (Fsp3) is 0.875. The van der Waals surface area contributed by atoms with Crippen molar-refractivity contribution in [3.8, 4) is 0 Å². The van der Waals surface area contributed by atoms with Gasteiger partial charge in [-0.1, -0.05) is 20.8 Å². The highest BCUT2D eigenvalue weighted by molar-refractivity contribution is 5.46. The van der Waals surface area contributed by atoms with Crippen molar-refractivity contribution < 1.29 is 4.79 Å². The maximum atomic E-state index is 10.3. The standard InChI is InChI=1S/C8H17NO/c1-5-9(7-10)6-8(2,3)4/h7H,5-6H2,1-4H3. The van der Waals surface area contributed by atoms with Crippen LogP contribution in [-0.4, -0.2) is 24.4 Å². The minimum absolute atomic E-state index is 0.219. The Bertz CT molecular complexity index is 104. The van der Waals surface area contributed by atoms with Crippen molar-refractivity contribution in [2.75, 3.05) is 13.1 Å². The summed E-state index contributed by atoms with van der Waals surface area (Å²) in [4.78, 5) is 12.1. The van der Waals surface area contributed by atoms with Gasteiger partial charge in [0.15, 0.2) is 0 Å². The Morgan fingerprint density at radius 2 is 1.90 bits per heavy atom. The normalized spacial score (nSPS) is 11.2. The van der Waals surface area contributed by atoms with E-state index in [0.717, 1.165) is 19.5 Å². The molecule has 10 heavy (non-hydrogen) atoms. The number of hydrogen-bond acceptors (Lipinski definition) is 1. The molecule has 0 saturated heterocycles. The van der Waals surface area contributed by atoms with Crippen LogP contribution < -0.4 is 0 Å². The summed E-state index contributed by atoms with van der Waals surface area (Å²) in [6, 6.07) is 0. The predicted molar refractivity (Wildman–Crippen MR) is 42.8 cm³/mol. The summed E-state index contributed by atoms with van der Waals surface area (Å²) < 4.78 is 0. The fourth-order valence-corrected chi connectivity index (χ4v) is 0.833. The van der Waals surface area contributed by atoms with E-state index in [1.165, 1.54) is 0 Å². The summed E-state index contributed by atoms with van der Waals surface area (Å²) in [6.45, 7) is 10.0. The number of carbonyl (C=O) groups excluding carboxylic acids is 1. The third-order valence-electron chi connectivity index (χ3n) is 1.23. The molecule has 0 fully saturated rings. The van der Waals surface area contributed by atoms with Gasteiger partial charge in [0, 0.05) is 13.1 Å². The summed E-state index contributed by atoms with van der Waals surface area (Å²) in [5.74, 6) is 0. The van der Waals surface area contributed by atoms with Crippen LogP contribution in [0.4, 0.5) is 0 Å². The van der Waals surface area contributed by atoms with Gasteiger partial charge in [-0.3, -0.25) is 4.79 Å². The Morgan fingerprint density at radius 3 is 2.00 bits per heavy atom. The summed E-state index contributed by atoms with van der Waals surface area (Å²) in [7, 11) is 0. The molecule has 0 aromatic rings. The van der Waals surface area contributed by atoms with E-state index < -0.39 is 0 Å². The molecular formula is C8H17NO. The van der Waals surface area contributed by atoms with Crippen LogP contribution in [0.5, 0.6) is 0 Å². The topological polar surface area (TPSA) is 20.3 Å².